The Bertz CT molecular complexity index is 461. The average Bonchev–Trinajstić information content (AvgIpc) is 2.39. The summed E-state index contributed by atoms with van der Waals surface area (Å²) in [5.41, 5.74) is 0.366. The molecule has 5 nitrogen and oxygen atoms in total. The van der Waals surface area contributed by atoms with Crippen molar-refractivity contribution < 1.29 is 4.79 Å². The summed E-state index contributed by atoms with van der Waals surface area (Å²) < 4.78 is 0. The smallest absolute Gasteiger partial charge is 0.255 e. The predicted molar refractivity (Wildman–Crippen MR) is 69.7 cm³/mol. The van der Waals surface area contributed by atoms with Gasteiger partial charge in [-0.25, -0.2) is 0 Å². The van der Waals surface area contributed by atoms with E-state index >= 15 is 0 Å². The minimum absolute atomic E-state index is 0.00204. The zero-order chi connectivity index (χ0) is 13.1. The average molecular weight is 249 g/mol. The molecule has 1 aliphatic heterocycles. The Labute approximate surface area is 106 Å². The van der Waals surface area contributed by atoms with Crippen LogP contribution in [-0.4, -0.2) is 53.9 Å². The number of hydrogen-bond acceptors (Lipinski definition) is 3. The Morgan fingerprint density at radius 3 is 2.83 bits per heavy atom. The molecule has 1 saturated heterocycles. The summed E-state index contributed by atoms with van der Waals surface area (Å²) in [5, 5.41) is 0. The van der Waals surface area contributed by atoms with Gasteiger partial charge in [0.1, 0.15) is 0 Å². The van der Waals surface area contributed by atoms with Crippen LogP contribution in [0.25, 0.3) is 0 Å². The molecule has 0 aliphatic carbocycles. The highest BCUT2D eigenvalue weighted by Crippen LogP contribution is 2.15. The van der Waals surface area contributed by atoms with Crippen LogP contribution < -0.4 is 5.56 Å². The van der Waals surface area contributed by atoms with Crippen LogP contribution in [-0.2, 0) is 0 Å². The molecule has 0 bridgehead atoms. The lowest BCUT2D eigenvalue weighted by molar-refractivity contribution is 0.0634. The maximum atomic E-state index is 12.3. The van der Waals surface area contributed by atoms with Crippen LogP contribution >= 0.6 is 0 Å². The van der Waals surface area contributed by atoms with Crippen molar-refractivity contribution in [2.45, 2.75) is 18.9 Å². The minimum atomic E-state index is -0.184. The fourth-order valence-corrected chi connectivity index (χ4v) is 2.29. The first kappa shape index (κ1) is 12.8. The van der Waals surface area contributed by atoms with Crippen molar-refractivity contribution in [3.05, 3.63) is 34.2 Å². The summed E-state index contributed by atoms with van der Waals surface area (Å²) in [4.78, 5) is 29.8. The lowest BCUT2D eigenvalue weighted by Gasteiger charge is -2.36. The number of piperidine rings is 1. The van der Waals surface area contributed by atoms with E-state index in [1.54, 1.807) is 6.07 Å². The van der Waals surface area contributed by atoms with E-state index in [1.165, 1.54) is 12.3 Å². The largest absolute Gasteiger partial charge is 0.337 e. The molecule has 1 aromatic rings. The van der Waals surface area contributed by atoms with Gasteiger partial charge in [-0.1, -0.05) is 0 Å². The van der Waals surface area contributed by atoms with Crippen molar-refractivity contribution in [3.8, 4) is 0 Å². The zero-order valence-corrected chi connectivity index (χ0v) is 10.8. The van der Waals surface area contributed by atoms with Crippen LogP contribution in [0.2, 0.25) is 0 Å². The zero-order valence-electron chi connectivity index (χ0n) is 10.8. The van der Waals surface area contributed by atoms with Gasteiger partial charge in [-0.3, -0.25) is 9.59 Å². The van der Waals surface area contributed by atoms with Gasteiger partial charge in [0.05, 0.1) is 5.56 Å². The van der Waals surface area contributed by atoms with Gasteiger partial charge in [-0.2, -0.15) is 0 Å². The molecule has 0 radical (unpaired) electrons. The number of likely N-dealkylation sites (N-methyl/N-ethyl adjacent to an activating group) is 1. The number of rotatable bonds is 2. The van der Waals surface area contributed by atoms with Crippen LogP contribution in [0, 0.1) is 0 Å². The number of carbonyl (C=O) groups is 1. The van der Waals surface area contributed by atoms with E-state index in [4.69, 9.17) is 0 Å². The molecule has 1 aliphatic rings. The van der Waals surface area contributed by atoms with Gasteiger partial charge >= 0.3 is 0 Å². The summed E-state index contributed by atoms with van der Waals surface area (Å²) in [6.45, 7) is 1.55. The number of H-pyrrole nitrogens is 1. The molecular weight excluding hydrogens is 230 g/mol. The van der Waals surface area contributed by atoms with Crippen LogP contribution in [0.5, 0.6) is 0 Å². The number of nitrogens with zero attached hydrogens (tertiary/aromatic N) is 2. The SMILES string of the molecule is CN(C)C1CCCN(C(=O)c2ccc(=O)[nH]c2)C1. The van der Waals surface area contributed by atoms with Crippen molar-refractivity contribution in [1.29, 1.82) is 0 Å². The van der Waals surface area contributed by atoms with E-state index in [2.05, 4.69) is 9.88 Å². The summed E-state index contributed by atoms with van der Waals surface area (Å²) in [7, 11) is 4.08. The number of hydrogen-bond donors (Lipinski definition) is 1. The number of aromatic nitrogens is 1. The van der Waals surface area contributed by atoms with Crippen molar-refractivity contribution in [1.82, 2.24) is 14.8 Å². The summed E-state index contributed by atoms with van der Waals surface area (Å²) in [5.74, 6) is -0.00204. The molecule has 98 valence electrons. The summed E-state index contributed by atoms with van der Waals surface area (Å²) in [6.07, 6.45) is 3.64. The first-order valence-corrected chi connectivity index (χ1v) is 6.22. The second-order valence-electron chi connectivity index (χ2n) is 4.95. The molecule has 1 aromatic heterocycles. The number of carbonyl (C=O) groups excluding carboxylic acids is 1. The molecule has 1 fully saturated rings. The highest BCUT2D eigenvalue weighted by atomic mass is 16.2. The third-order valence-electron chi connectivity index (χ3n) is 3.45. The number of pyridine rings is 1. The molecule has 1 unspecified atom stereocenters. The van der Waals surface area contributed by atoms with Crippen molar-refractivity contribution >= 4 is 5.91 Å². The lowest BCUT2D eigenvalue weighted by atomic mass is 10.0. The Morgan fingerprint density at radius 2 is 2.22 bits per heavy atom. The predicted octanol–water partition coefficient (Wildman–Crippen LogP) is 0.541. The quantitative estimate of drug-likeness (QED) is 0.832. The number of likely N-dealkylation sites (tertiary alicyclic amines) is 1. The van der Waals surface area contributed by atoms with E-state index in [9.17, 15) is 9.59 Å². The Kier molecular flexibility index (Phi) is 3.81. The van der Waals surface area contributed by atoms with Crippen LogP contribution in [0.15, 0.2) is 23.1 Å². The summed E-state index contributed by atoms with van der Waals surface area (Å²) in [6, 6.07) is 3.39. The molecule has 0 spiro atoms. The molecule has 5 heteroatoms. The third kappa shape index (κ3) is 2.79. The Hall–Kier alpha value is -1.62. The van der Waals surface area contributed by atoms with Gasteiger partial charge in [0.25, 0.3) is 5.91 Å². The normalized spacial score (nSPS) is 20.2. The topological polar surface area (TPSA) is 56.4 Å². The third-order valence-corrected chi connectivity index (χ3v) is 3.45. The van der Waals surface area contributed by atoms with Crippen LogP contribution in [0.3, 0.4) is 0 Å². The molecular formula is C13H19N3O2. The maximum absolute atomic E-state index is 12.3. The first-order valence-electron chi connectivity index (χ1n) is 6.22. The van der Waals surface area contributed by atoms with Gasteiger partial charge in [-0.05, 0) is 33.0 Å². The molecule has 2 heterocycles. The van der Waals surface area contributed by atoms with E-state index in [0.29, 0.717) is 11.6 Å². The van der Waals surface area contributed by atoms with Gasteiger partial charge in [0.2, 0.25) is 5.56 Å². The fourth-order valence-electron chi connectivity index (χ4n) is 2.29. The minimum Gasteiger partial charge on any atom is -0.337 e. The second kappa shape index (κ2) is 5.35. The standard InChI is InChI=1S/C13H19N3O2/c1-15(2)11-4-3-7-16(9-11)13(18)10-5-6-12(17)14-8-10/h5-6,8,11H,3-4,7,9H2,1-2H3,(H,14,17). The molecule has 1 amide bonds. The van der Waals surface area contributed by atoms with Crippen molar-refractivity contribution in [2.24, 2.45) is 0 Å². The van der Waals surface area contributed by atoms with Gasteiger partial charge < -0.3 is 14.8 Å². The van der Waals surface area contributed by atoms with Gasteiger partial charge in [0.15, 0.2) is 0 Å². The maximum Gasteiger partial charge on any atom is 0.255 e. The highest BCUT2D eigenvalue weighted by Gasteiger charge is 2.25. The van der Waals surface area contributed by atoms with E-state index in [0.717, 1.165) is 25.9 Å². The molecule has 0 aromatic carbocycles. The monoisotopic (exact) mass is 249 g/mol. The second-order valence-corrected chi connectivity index (χ2v) is 4.95. The highest BCUT2D eigenvalue weighted by molar-refractivity contribution is 5.93. The Balaban J connectivity index is 2.09. The molecule has 0 saturated carbocycles. The van der Waals surface area contributed by atoms with Crippen LogP contribution in [0.4, 0.5) is 0 Å². The molecule has 1 atom stereocenters. The lowest BCUT2D eigenvalue weighted by Crippen LogP contribution is -2.47. The summed E-state index contributed by atoms with van der Waals surface area (Å²) >= 11 is 0. The number of nitrogens with one attached hydrogen (secondary N) is 1. The fraction of sp³-hybridized carbons (Fsp3) is 0.538. The van der Waals surface area contributed by atoms with E-state index in [-0.39, 0.29) is 11.5 Å². The van der Waals surface area contributed by atoms with Crippen LogP contribution in [0.1, 0.15) is 23.2 Å². The molecule has 2 rings (SSSR count). The van der Waals surface area contributed by atoms with Crippen molar-refractivity contribution in [3.63, 3.8) is 0 Å². The van der Waals surface area contributed by atoms with Gasteiger partial charge in [-0.15, -0.1) is 0 Å². The van der Waals surface area contributed by atoms with E-state index in [1.807, 2.05) is 19.0 Å². The number of aromatic amines is 1. The Morgan fingerprint density at radius 1 is 1.44 bits per heavy atom. The number of amides is 1. The van der Waals surface area contributed by atoms with Gasteiger partial charge in [0, 0.05) is 31.4 Å². The first-order chi connectivity index (χ1) is 8.58. The van der Waals surface area contributed by atoms with Crippen molar-refractivity contribution in [2.75, 3.05) is 27.2 Å². The van der Waals surface area contributed by atoms with E-state index < -0.39 is 0 Å². The molecule has 18 heavy (non-hydrogen) atoms. The molecule has 1 N–H and O–H groups in total.